The third-order valence-corrected chi connectivity index (χ3v) is 8.90. The third-order valence-electron chi connectivity index (χ3n) is 8.64. The Bertz CT molecular complexity index is 1470. The standard InChI is InChI=1S/C32H45ClN4O5/c1-17-15-20(31(2,3)4)25(21(16-17)32(5,6)7)42-28(39)23-22(18-11-13-19(33)14-12-18)24(27(38)36(8)9)37-26(23)34-29(41-10)35-30(37)40/h11-14,17,20-21,25,27,38H,15-16H2,1-10H3,(H,34,35,40). The highest BCUT2D eigenvalue weighted by molar-refractivity contribution is 6.30. The number of methoxy groups -OCH3 is 1. The van der Waals surface area contributed by atoms with Gasteiger partial charge in [0.2, 0.25) is 0 Å². The van der Waals surface area contributed by atoms with Crippen LogP contribution < -0.4 is 10.4 Å². The number of carbonyl (C=O) groups excluding carboxylic acids is 1. The predicted molar refractivity (Wildman–Crippen MR) is 165 cm³/mol. The smallest absolute Gasteiger partial charge is 0.342 e. The Morgan fingerprint density at radius 3 is 2.12 bits per heavy atom. The van der Waals surface area contributed by atoms with Crippen molar-refractivity contribution in [3.05, 3.63) is 51.0 Å². The van der Waals surface area contributed by atoms with E-state index in [0.29, 0.717) is 22.1 Å². The first-order chi connectivity index (χ1) is 19.4. The Morgan fingerprint density at radius 1 is 1.10 bits per heavy atom. The summed E-state index contributed by atoms with van der Waals surface area (Å²) in [5.74, 6) is 0.109. The monoisotopic (exact) mass is 600 g/mol. The number of aromatic nitrogens is 3. The minimum absolute atomic E-state index is 0.0465. The molecule has 10 heteroatoms. The number of hydrogen-bond acceptors (Lipinski definition) is 7. The molecule has 0 bridgehead atoms. The number of halogens is 1. The van der Waals surface area contributed by atoms with Gasteiger partial charge in [0.1, 0.15) is 17.9 Å². The second-order valence-corrected chi connectivity index (χ2v) is 14.5. The van der Waals surface area contributed by atoms with Crippen molar-refractivity contribution >= 4 is 23.2 Å². The molecule has 0 saturated heterocycles. The van der Waals surface area contributed by atoms with E-state index in [-0.39, 0.29) is 51.7 Å². The number of aromatic amines is 1. The highest BCUT2D eigenvalue weighted by Gasteiger charge is 2.48. The second kappa shape index (κ2) is 11.7. The molecule has 1 saturated carbocycles. The van der Waals surface area contributed by atoms with Crippen LogP contribution in [0.25, 0.3) is 16.8 Å². The normalized spacial score (nSPS) is 22.4. The summed E-state index contributed by atoms with van der Waals surface area (Å²) in [6.45, 7) is 15.4. The van der Waals surface area contributed by atoms with Gasteiger partial charge in [-0.2, -0.15) is 4.98 Å². The van der Waals surface area contributed by atoms with Gasteiger partial charge >= 0.3 is 11.7 Å². The molecule has 1 aromatic carbocycles. The summed E-state index contributed by atoms with van der Waals surface area (Å²) in [5.41, 5.74) is 0.440. The number of fused-ring (bicyclic) bond motifs is 1. The maximum absolute atomic E-state index is 14.6. The maximum atomic E-state index is 14.6. The fraction of sp³-hybridized carbons (Fsp3) is 0.594. The molecule has 2 heterocycles. The molecule has 3 aromatic rings. The number of rotatable bonds is 6. The summed E-state index contributed by atoms with van der Waals surface area (Å²) >= 11 is 6.22. The Hall–Kier alpha value is -2.88. The van der Waals surface area contributed by atoms with Crippen molar-refractivity contribution < 1.29 is 19.4 Å². The van der Waals surface area contributed by atoms with Crippen LogP contribution in [0.1, 0.15) is 83.6 Å². The number of hydrogen-bond donors (Lipinski definition) is 2. The van der Waals surface area contributed by atoms with E-state index in [4.69, 9.17) is 21.1 Å². The molecular formula is C32H45ClN4O5. The van der Waals surface area contributed by atoms with E-state index in [1.54, 1.807) is 43.3 Å². The lowest BCUT2D eigenvalue weighted by atomic mass is 9.59. The van der Waals surface area contributed by atoms with Crippen molar-refractivity contribution in [1.29, 1.82) is 0 Å². The van der Waals surface area contributed by atoms with Gasteiger partial charge in [-0.1, -0.05) is 72.2 Å². The van der Waals surface area contributed by atoms with Crippen LogP contribution in [0.3, 0.4) is 0 Å². The Balaban J connectivity index is 2.02. The summed E-state index contributed by atoms with van der Waals surface area (Å²) in [7, 11) is 4.75. The SMILES string of the molecule is COc1nc2c(C(=O)OC3C(C(C)(C)C)CC(C)CC3C(C)(C)C)c(-c3ccc(Cl)cc3)c(C(O)N(C)C)n2c(=O)[nH]1. The summed E-state index contributed by atoms with van der Waals surface area (Å²) in [4.78, 5) is 36.7. The molecular weight excluding hydrogens is 556 g/mol. The van der Waals surface area contributed by atoms with Gasteiger partial charge in [-0.3, -0.25) is 9.88 Å². The van der Waals surface area contributed by atoms with Gasteiger partial charge in [-0.25, -0.2) is 14.0 Å². The number of aliphatic hydroxyl groups excluding tert-OH is 1. The zero-order chi connectivity index (χ0) is 31.3. The van der Waals surface area contributed by atoms with Crippen LogP contribution >= 0.6 is 11.6 Å². The molecule has 4 rings (SSSR count). The molecule has 0 radical (unpaired) electrons. The van der Waals surface area contributed by atoms with E-state index in [9.17, 15) is 14.7 Å². The van der Waals surface area contributed by atoms with Crippen LogP contribution in [0.5, 0.6) is 6.01 Å². The Morgan fingerprint density at radius 2 is 1.64 bits per heavy atom. The number of nitrogens with one attached hydrogen (secondary N) is 1. The lowest BCUT2D eigenvalue weighted by Crippen LogP contribution is -2.49. The van der Waals surface area contributed by atoms with Crippen molar-refractivity contribution in [2.75, 3.05) is 21.2 Å². The molecule has 0 aliphatic heterocycles. The zero-order valence-electron chi connectivity index (χ0n) is 26.4. The van der Waals surface area contributed by atoms with Crippen molar-refractivity contribution in [2.45, 2.75) is 73.6 Å². The van der Waals surface area contributed by atoms with Gasteiger partial charge < -0.3 is 14.6 Å². The molecule has 0 amide bonds. The van der Waals surface area contributed by atoms with Gasteiger partial charge in [0.05, 0.1) is 12.8 Å². The Labute approximate surface area is 253 Å². The second-order valence-electron chi connectivity index (χ2n) is 14.1. The minimum atomic E-state index is -1.25. The number of aliphatic hydroxyl groups is 1. The molecule has 3 unspecified atom stereocenters. The van der Waals surface area contributed by atoms with Crippen molar-refractivity contribution in [3.63, 3.8) is 0 Å². The first-order valence-electron chi connectivity index (χ1n) is 14.5. The molecule has 230 valence electrons. The highest BCUT2D eigenvalue weighted by Crippen LogP contribution is 2.50. The molecule has 1 fully saturated rings. The predicted octanol–water partition coefficient (Wildman–Crippen LogP) is 6.18. The summed E-state index contributed by atoms with van der Waals surface area (Å²) in [6.07, 6.45) is 0.254. The quantitative estimate of drug-likeness (QED) is 0.257. The largest absolute Gasteiger partial charge is 0.468 e. The van der Waals surface area contributed by atoms with Crippen LogP contribution in [0.2, 0.25) is 5.02 Å². The lowest BCUT2D eigenvalue weighted by Gasteiger charge is -2.50. The third kappa shape index (κ3) is 6.10. The number of carbonyl (C=O) groups is 1. The van der Waals surface area contributed by atoms with E-state index >= 15 is 0 Å². The van der Waals surface area contributed by atoms with E-state index in [1.165, 1.54) is 11.5 Å². The number of ether oxygens (including phenoxy) is 2. The van der Waals surface area contributed by atoms with Crippen molar-refractivity contribution in [3.8, 4) is 17.1 Å². The molecule has 2 aromatic heterocycles. The molecule has 9 nitrogen and oxygen atoms in total. The topological polar surface area (TPSA) is 109 Å². The average Bonchev–Trinajstić information content (AvgIpc) is 3.23. The average molecular weight is 601 g/mol. The summed E-state index contributed by atoms with van der Waals surface area (Å²) in [5, 5.41) is 11.9. The van der Waals surface area contributed by atoms with Gasteiger partial charge in [0, 0.05) is 22.4 Å². The van der Waals surface area contributed by atoms with Gasteiger partial charge in [0.15, 0.2) is 5.65 Å². The van der Waals surface area contributed by atoms with Crippen LogP contribution in [-0.4, -0.2) is 57.7 Å². The van der Waals surface area contributed by atoms with Crippen molar-refractivity contribution in [1.82, 2.24) is 19.3 Å². The van der Waals surface area contributed by atoms with Crippen molar-refractivity contribution in [2.24, 2.45) is 28.6 Å². The van der Waals surface area contributed by atoms with Gasteiger partial charge in [-0.05, 0) is 61.4 Å². The van der Waals surface area contributed by atoms with E-state index in [1.807, 2.05) is 0 Å². The molecule has 1 aliphatic carbocycles. The fourth-order valence-electron chi connectivity index (χ4n) is 6.40. The van der Waals surface area contributed by atoms with Crippen LogP contribution in [-0.2, 0) is 4.74 Å². The first kappa shape index (κ1) is 32.0. The highest BCUT2D eigenvalue weighted by atomic mass is 35.5. The van der Waals surface area contributed by atoms with Crippen LogP contribution in [0.15, 0.2) is 29.1 Å². The van der Waals surface area contributed by atoms with Gasteiger partial charge in [-0.15, -0.1) is 0 Å². The van der Waals surface area contributed by atoms with E-state index in [2.05, 4.69) is 58.4 Å². The number of esters is 1. The zero-order valence-corrected chi connectivity index (χ0v) is 27.2. The molecule has 2 N–H and O–H groups in total. The molecule has 0 spiro atoms. The van der Waals surface area contributed by atoms with Gasteiger partial charge in [0.25, 0.3) is 6.01 Å². The number of nitrogens with zero attached hydrogens (tertiary/aromatic N) is 3. The summed E-state index contributed by atoms with van der Waals surface area (Å²) < 4.78 is 13.1. The Kier molecular flexibility index (Phi) is 8.89. The van der Waals surface area contributed by atoms with Crippen LogP contribution in [0, 0.1) is 28.6 Å². The van der Waals surface area contributed by atoms with E-state index < -0.39 is 17.9 Å². The summed E-state index contributed by atoms with van der Waals surface area (Å²) in [6, 6.07) is 6.85. The lowest BCUT2D eigenvalue weighted by molar-refractivity contribution is -0.0922. The fourth-order valence-corrected chi connectivity index (χ4v) is 6.53. The van der Waals surface area contributed by atoms with Crippen LogP contribution in [0.4, 0.5) is 0 Å². The molecule has 3 atom stereocenters. The molecule has 1 aliphatic rings. The maximum Gasteiger partial charge on any atom is 0.342 e. The minimum Gasteiger partial charge on any atom is -0.468 e. The first-order valence-corrected chi connectivity index (χ1v) is 14.9. The number of H-pyrrole nitrogens is 1. The molecule has 42 heavy (non-hydrogen) atoms. The number of benzene rings is 1. The van der Waals surface area contributed by atoms with E-state index in [0.717, 1.165) is 12.8 Å².